The molecule has 2 heterocycles. The van der Waals surface area contributed by atoms with E-state index >= 15 is 0 Å². The smallest absolute Gasteiger partial charge is 0.134 e. The average Bonchev–Trinajstić information content (AvgIpc) is 2.81. The van der Waals surface area contributed by atoms with E-state index < -0.39 is 0 Å². The molecule has 0 spiro atoms. The van der Waals surface area contributed by atoms with Crippen LogP contribution in [0, 0.1) is 5.41 Å². The van der Waals surface area contributed by atoms with Gasteiger partial charge >= 0.3 is 0 Å². The Bertz CT molecular complexity index is 540. The highest BCUT2D eigenvalue weighted by molar-refractivity contribution is 5.80. The summed E-state index contributed by atoms with van der Waals surface area (Å²) in [5, 5.41) is 4.69. The molecule has 3 N–H and O–H groups in total. The standard InChI is InChI=1S/C15H20N2O2/c16-8-15(10-18-11-15)9-17-6-5-12-7-19-14-4-2-1-3-13(12)14/h1-4,7,17H,5-6,8-11,16H2. The maximum atomic E-state index is 5.79. The van der Waals surface area contributed by atoms with Crippen LogP contribution in [0.5, 0.6) is 0 Å². The number of hydrogen-bond donors (Lipinski definition) is 2. The van der Waals surface area contributed by atoms with E-state index in [1.807, 2.05) is 24.5 Å². The van der Waals surface area contributed by atoms with E-state index in [-0.39, 0.29) is 5.41 Å². The molecule has 0 saturated carbocycles. The number of para-hydroxylation sites is 1. The number of furan rings is 1. The van der Waals surface area contributed by atoms with Gasteiger partial charge in [-0.05, 0) is 24.6 Å². The van der Waals surface area contributed by atoms with Gasteiger partial charge < -0.3 is 20.2 Å². The molecule has 0 radical (unpaired) electrons. The van der Waals surface area contributed by atoms with Crippen molar-refractivity contribution in [1.82, 2.24) is 5.32 Å². The number of nitrogens with two attached hydrogens (primary N) is 1. The van der Waals surface area contributed by atoms with E-state index in [0.717, 1.165) is 38.3 Å². The maximum absolute atomic E-state index is 5.79. The molecule has 102 valence electrons. The van der Waals surface area contributed by atoms with Crippen molar-refractivity contribution in [2.75, 3.05) is 32.8 Å². The van der Waals surface area contributed by atoms with Gasteiger partial charge in [0.2, 0.25) is 0 Å². The molecule has 4 heteroatoms. The highest BCUT2D eigenvalue weighted by atomic mass is 16.5. The van der Waals surface area contributed by atoms with E-state index in [1.165, 1.54) is 10.9 Å². The Hall–Kier alpha value is -1.36. The molecule has 1 aromatic carbocycles. The molecular weight excluding hydrogens is 240 g/mol. The summed E-state index contributed by atoms with van der Waals surface area (Å²) in [6.45, 7) is 4.12. The molecule has 1 aliphatic heterocycles. The average molecular weight is 260 g/mol. The van der Waals surface area contributed by atoms with Gasteiger partial charge in [-0.2, -0.15) is 0 Å². The van der Waals surface area contributed by atoms with E-state index in [2.05, 4.69) is 11.4 Å². The molecule has 4 nitrogen and oxygen atoms in total. The van der Waals surface area contributed by atoms with Crippen LogP contribution in [-0.2, 0) is 11.2 Å². The number of benzene rings is 1. The number of rotatable bonds is 6. The number of fused-ring (bicyclic) bond motifs is 1. The van der Waals surface area contributed by atoms with Crippen LogP contribution in [0.4, 0.5) is 0 Å². The first-order valence-electron chi connectivity index (χ1n) is 6.77. The normalized spacial score (nSPS) is 17.5. The fourth-order valence-corrected chi connectivity index (χ4v) is 2.49. The lowest BCUT2D eigenvalue weighted by atomic mass is 9.86. The Morgan fingerprint density at radius 3 is 2.84 bits per heavy atom. The first kappa shape index (κ1) is 12.7. The summed E-state index contributed by atoms with van der Waals surface area (Å²) in [6.07, 6.45) is 2.83. The fourth-order valence-electron chi connectivity index (χ4n) is 2.49. The predicted molar refractivity (Wildman–Crippen MR) is 75.1 cm³/mol. The Morgan fingerprint density at radius 1 is 1.26 bits per heavy atom. The van der Waals surface area contributed by atoms with Crippen molar-refractivity contribution in [2.45, 2.75) is 6.42 Å². The molecule has 0 atom stereocenters. The van der Waals surface area contributed by atoms with Crippen molar-refractivity contribution in [2.24, 2.45) is 11.1 Å². The van der Waals surface area contributed by atoms with Crippen LogP contribution < -0.4 is 11.1 Å². The summed E-state index contributed by atoms with van der Waals surface area (Å²) in [6, 6.07) is 8.15. The molecule has 19 heavy (non-hydrogen) atoms. The van der Waals surface area contributed by atoms with Gasteiger partial charge in [0.1, 0.15) is 5.58 Å². The number of hydrogen-bond acceptors (Lipinski definition) is 4. The Kier molecular flexibility index (Phi) is 3.55. The molecule has 1 saturated heterocycles. The minimum atomic E-state index is 0.165. The zero-order valence-electron chi connectivity index (χ0n) is 11.0. The second-order valence-corrected chi connectivity index (χ2v) is 5.38. The molecule has 1 aliphatic rings. The SMILES string of the molecule is NCC1(CNCCc2coc3ccccc23)COC1. The molecule has 0 unspecified atom stereocenters. The van der Waals surface area contributed by atoms with Crippen LogP contribution in [0.15, 0.2) is 34.9 Å². The van der Waals surface area contributed by atoms with Crippen molar-refractivity contribution >= 4 is 11.0 Å². The monoisotopic (exact) mass is 260 g/mol. The molecule has 1 aromatic heterocycles. The van der Waals surface area contributed by atoms with Crippen LogP contribution in [0.3, 0.4) is 0 Å². The minimum absolute atomic E-state index is 0.165. The number of ether oxygens (including phenoxy) is 1. The van der Waals surface area contributed by atoms with Crippen molar-refractivity contribution in [3.05, 3.63) is 36.1 Å². The second-order valence-electron chi connectivity index (χ2n) is 5.38. The highest BCUT2D eigenvalue weighted by Crippen LogP contribution is 2.25. The van der Waals surface area contributed by atoms with Gasteiger partial charge in [-0.3, -0.25) is 0 Å². The lowest BCUT2D eigenvalue weighted by molar-refractivity contribution is -0.104. The Morgan fingerprint density at radius 2 is 2.11 bits per heavy atom. The van der Waals surface area contributed by atoms with E-state index in [9.17, 15) is 0 Å². The van der Waals surface area contributed by atoms with Crippen LogP contribution in [0.25, 0.3) is 11.0 Å². The van der Waals surface area contributed by atoms with Crippen LogP contribution >= 0.6 is 0 Å². The second kappa shape index (κ2) is 5.33. The van der Waals surface area contributed by atoms with Gasteiger partial charge in [-0.15, -0.1) is 0 Å². The molecule has 0 amide bonds. The van der Waals surface area contributed by atoms with Crippen molar-refractivity contribution in [1.29, 1.82) is 0 Å². The van der Waals surface area contributed by atoms with Gasteiger partial charge in [0.25, 0.3) is 0 Å². The van der Waals surface area contributed by atoms with Gasteiger partial charge in [-0.1, -0.05) is 18.2 Å². The summed E-state index contributed by atoms with van der Waals surface area (Å²) < 4.78 is 10.8. The quantitative estimate of drug-likeness (QED) is 0.773. The first-order chi connectivity index (χ1) is 9.33. The maximum Gasteiger partial charge on any atom is 0.134 e. The predicted octanol–water partition coefficient (Wildman–Crippen LogP) is 1.54. The van der Waals surface area contributed by atoms with Crippen molar-refractivity contribution in [3.8, 4) is 0 Å². The van der Waals surface area contributed by atoms with Crippen LogP contribution in [-0.4, -0.2) is 32.8 Å². The fraction of sp³-hybridized carbons (Fsp3) is 0.467. The molecule has 0 aliphatic carbocycles. The zero-order valence-corrected chi connectivity index (χ0v) is 11.0. The van der Waals surface area contributed by atoms with Crippen molar-refractivity contribution < 1.29 is 9.15 Å². The summed E-state index contributed by atoms with van der Waals surface area (Å²) in [5.74, 6) is 0. The van der Waals surface area contributed by atoms with E-state index in [4.69, 9.17) is 14.9 Å². The highest BCUT2D eigenvalue weighted by Gasteiger charge is 2.36. The topological polar surface area (TPSA) is 60.4 Å². The largest absolute Gasteiger partial charge is 0.464 e. The van der Waals surface area contributed by atoms with Gasteiger partial charge in [0, 0.05) is 23.9 Å². The van der Waals surface area contributed by atoms with Crippen molar-refractivity contribution in [3.63, 3.8) is 0 Å². The molecular formula is C15H20N2O2. The third kappa shape index (κ3) is 2.52. The van der Waals surface area contributed by atoms with Gasteiger partial charge in [0.15, 0.2) is 0 Å². The zero-order chi connectivity index (χ0) is 13.1. The van der Waals surface area contributed by atoms with Gasteiger partial charge in [0.05, 0.1) is 19.5 Å². The van der Waals surface area contributed by atoms with E-state index in [1.54, 1.807) is 0 Å². The summed E-state index contributed by atoms with van der Waals surface area (Å²) in [4.78, 5) is 0. The van der Waals surface area contributed by atoms with E-state index in [0.29, 0.717) is 6.54 Å². The lowest BCUT2D eigenvalue weighted by Crippen LogP contribution is -2.54. The minimum Gasteiger partial charge on any atom is -0.464 e. The Labute approximate surface area is 112 Å². The van der Waals surface area contributed by atoms with Crippen LogP contribution in [0.1, 0.15) is 5.56 Å². The molecule has 2 aromatic rings. The summed E-state index contributed by atoms with van der Waals surface area (Å²) >= 11 is 0. The molecule has 3 rings (SSSR count). The molecule has 0 bridgehead atoms. The Balaban J connectivity index is 1.52. The van der Waals surface area contributed by atoms with Crippen LogP contribution in [0.2, 0.25) is 0 Å². The van der Waals surface area contributed by atoms with Gasteiger partial charge in [-0.25, -0.2) is 0 Å². The third-order valence-electron chi connectivity index (χ3n) is 3.88. The first-order valence-corrected chi connectivity index (χ1v) is 6.77. The number of nitrogens with one attached hydrogen (secondary N) is 1. The lowest BCUT2D eigenvalue weighted by Gasteiger charge is -2.40. The summed E-state index contributed by atoms with van der Waals surface area (Å²) in [5.41, 5.74) is 8.17. The molecule has 1 fully saturated rings. The third-order valence-corrected chi connectivity index (χ3v) is 3.88. The summed E-state index contributed by atoms with van der Waals surface area (Å²) in [7, 11) is 0.